The normalized spacial score (nSPS) is 21.9. The minimum absolute atomic E-state index is 0.0683. The Morgan fingerprint density at radius 3 is 2.11 bits per heavy atom. The van der Waals surface area contributed by atoms with E-state index >= 15 is 0 Å². The number of imide groups is 2. The molecule has 44 heavy (non-hydrogen) atoms. The summed E-state index contributed by atoms with van der Waals surface area (Å²) in [6.45, 7) is 9.25. The number of amides is 5. The first-order valence-electron chi connectivity index (χ1n) is 15.2. The highest BCUT2D eigenvalue weighted by atomic mass is 16.6. The summed E-state index contributed by atoms with van der Waals surface area (Å²) in [5, 5.41) is 8.64. The van der Waals surface area contributed by atoms with Gasteiger partial charge in [-0.05, 0) is 32.4 Å². The summed E-state index contributed by atoms with van der Waals surface area (Å²) in [7, 11) is 0. The molecule has 0 aliphatic carbocycles. The Hall–Kier alpha value is -3.43. The standard InChI is InChI=1S/C30H43N5O9/c1-20-18-31-19-21(2)34(20)26(37)8-10-41-12-14-43-16-17-44-15-13-42-11-9-32-23-5-3-4-22-27(23)30(40)35(29(22)39)24-6-7-25(36)33-28(24)38/h3-5,20-21,24,31-32H,6-19H2,1-2H3,(H,33,36,38)/t20-,21+,24?. The monoisotopic (exact) mass is 617 g/mol. The van der Waals surface area contributed by atoms with E-state index in [9.17, 15) is 24.0 Å². The molecule has 14 heteroatoms. The number of fused-ring (bicyclic) bond motifs is 1. The molecule has 3 heterocycles. The molecule has 3 aliphatic rings. The third-order valence-electron chi connectivity index (χ3n) is 7.72. The number of carbonyl (C=O) groups is 5. The highest BCUT2D eigenvalue weighted by Crippen LogP contribution is 2.32. The molecule has 242 valence electrons. The van der Waals surface area contributed by atoms with Crippen LogP contribution in [0.2, 0.25) is 0 Å². The van der Waals surface area contributed by atoms with Crippen molar-refractivity contribution in [3.63, 3.8) is 0 Å². The third-order valence-corrected chi connectivity index (χ3v) is 7.72. The van der Waals surface area contributed by atoms with E-state index in [4.69, 9.17) is 18.9 Å². The van der Waals surface area contributed by atoms with E-state index in [1.807, 2.05) is 18.7 Å². The molecule has 1 unspecified atom stereocenters. The first kappa shape index (κ1) is 33.5. The van der Waals surface area contributed by atoms with Crippen LogP contribution >= 0.6 is 0 Å². The lowest BCUT2D eigenvalue weighted by Gasteiger charge is -2.39. The number of benzene rings is 1. The number of carbonyl (C=O) groups excluding carboxylic acids is 5. The minimum Gasteiger partial charge on any atom is -0.382 e. The highest BCUT2D eigenvalue weighted by Gasteiger charge is 2.45. The summed E-state index contributed by atoms with van der Waals surface area (Å²) in [5.41, 5.74) is 0.911. The Kier molecular flexibility index (Phi) is 12.6. The number of piperazine rings is 1. The summed E-state index contributed by atoms with van der Waals surface area (Å²) in [4.78, 5) is 65.1. The number of nitrogens with one attached hydrogen (secondary N) is 3. The Labute approximate surface area is 257 Å². The van der Waals surface area contributed by atoms with E-state index in [0.717, 1.165) is 18.0 Å². The maximum atomic E-state index is 13.1. The van der Waals surface area contributed by atoms with Crippen LogP contribution in [0, 0.1) is 0 Å². The van der Waals surface area contributed by atoms with Gasteiger partial charge in [0.15, 0.2) is 0 Å². The number of hydrogen-bond donors (Lipinski definition) is 3. The van der Waals surface area contributed by atoms with Gasteiger partial charge in [0.2, 0.25) is 17.7 Å². The molecule has 2 fully saturated rings. The lowest BCUT2D eigenvalue weighted by Crippen LogP contribution is -2.57. The largest absolute Gasteiger partial charge is 0.382 e. The molecule has 3 atom stereocenters. The van der Waals surface area contributed by atoms with Crippen LogP contribution in [0.1, 0.15) is 53.8 Å². The van der Waals surface area contributed by atoms with Gasteiger partial charge in [0.1, 0.15) is 6.04 Å². The highest BCUT2D eigenvalue weighted by molar-refractivity contribution is 6.25. The predicted molar refractivity (Wildman–Crippen MR) is 158 cm³/mol. The fraction of sp³-hybridized carbons (Fsp3) is 0.633. The van der Waals surface area contributed by atoms with Gasteiger partial charge in [-0.15, -0.1) is 0 Å². The number of anilines is 1. The molecule has 0 saturated carbocycles. The topological polar surface area (TPSA) is 165 Å². The SMILES string of the molecule is C[C@@H]1CNC[C@H](C)N1C(=O)CCOCCOCCOCCOCCNc1cccc2c1C(=O)N(C1CCC(=O)NC1=O)C2=O. The van der Waals surface area contributed by atoms with Crippen molar-refractivity contribution in [3.05, 3.63) is 29.3 Å². The third kappa shape index (κ3) is 8.60. The first-order valence-corrected chi connectivity index (χ1v) is 15.2. The molecule has 5 amide bonds. The van der Waals surface area contributed by atoms with Gasteiger partial charge in [-0.25, -0.2) is 0 Å². The molecule has 0 spiro atoms. The van der Waals surface area contributed by atoms with Crippen LogP contribution in [0.5, 0.6) is 0 Å². The van der Waals surface area contributed by atoms with Crippen LogP contribution in [0.4, 0.5) is 5.69 Å². The molecule has 0 radical (unpaired) electrons. The average molecular weight is 618 g/mol. The maximum Gasteiger partial charge on any atom is 0.264 e. The van der Waals surface area contributed by atoms with Gasteiger partial charge in [0, 0.05) is 43.8 Å². The van der Waals surface area contributed by atoms with Gasteiger partial charge < -0.3 is 34.5 Å². The molecule has 4 rings (SSSR count). The Morgan fingerprint density at radius 1 is 0.864 bits per heavy atom. The van der Waals surface area contributed by atoms with Crippen LogP contribution in [-0.2, 0) is 33.3 Å². The number of piperidine rings is 1. The fourth-order valence-electron chi connectivity index (χ4n) is 5.59. The Morgan fingerprint density at radius 2 is 1.48 bits per heavy atom. The van der Waals surface area contributed by atoms with Crippen molar-refractivity contribution in [2.24, 2.45) is 0 Å². The summed E-state index contributed by atoms with van der Waals surface area (Å²) >= 11 is 0. The van der Waals surface area contributed by atoms with Crippen LogP contribution in [0.25, 0.3) is 0 Å². The van der Waals surface area contributed by atoms with Gasteiger partial charge in [-0.1, -0.05) is 6.07 Å². The van der Waals surface area contributed by atoms with Crippen molar-refractivity contribution < 1.29 is 42.9 Å². The van der Waals surface area contributed by atoms with E-state index in [1.165, 1.54) is 0 Å². The van der Waals surface area contributed by atoms with Crippen molar-refractivity contribution >= 4 is 35.2 Å². The van der Waals surface area contributed by atoms with Crippen LogP contribution < -0.4 is 16.0 Å². The molecule has 14 nitrogen and oxygen atoms in total. The van der Waals surface area contributed by atoms with Crippen LogP contribution in [0.15, 0.2) is 18.2 Å². The average Bonchev–Trinajstić information content (AvgIpc) is 3.25. The first-order chi connectivity index (χ1) is 21.3. The van der Waals surface area contributed by atoms with Crippen molar-refractivity contribution in [1.82, 2.24) is 20.4 Å². The van der Waals surface area contributed by atoms with Crippen molar-refractivity contribution in [2.75, 3.05) is 77.8 Å². The molecule has 0 aromatic heterocycles. The van der Waals surface area contributed by atoms with Crippen molar-refractivity contribution in [3.8, 4) is 0 Å². The number of nitrogens with zero attached hydrogens (tertiary/aromatic N) is 2. The summed E-state index contributed by atoms with van der Waals surface area (Å²) in [5.74, 6) is -2.04. The molecule has 1 aromatic carbocycles. The second-order valence-electron chi connectivity index (χ2n) is 11.0. The van der Waals surface area contributed by atoms with E-state index in [2.05, 4.69) is 16.0 Å². The lowest BCUT2D eigenvalue weighted by atomic mass is 10.0. The van der Waals surface area contributed by atoms with E-state index < -0.39 is 29.7 Å². The smallest absolute Gasteiger partial charge is 0.264 e. The van der Waals surface area contributed by atoms with E-state index in [0.29, 0.717) is 71.5 Å². The van der Waals surface area contributed by atoms with Gasteiger partial charge in [0.25, 0.3) is 11.8 Å². The molecular formula is C30H43N5O9. The van der Waals surface area contributed by atoms with E-state index in [-0.39, 0.29) is 42.0 Å². The summed E-state index contributed by atoms with van der Waals surface area (Å²) < 4.78 is 22.1. The summed E-state index contributed by atoms with van der Waals surface area (Å²) in [6, 6.07) is 4.28. The van der Waals surface area contributed by atoms with Crippen LogP contribution in [0.3, 0.4) is 0 Å². The van der Waals surface area contributed by atoms with Crippen molar-refractivity contribution in [2.45, 2.75) is 51.2 Å². The number of ether oxygens (including phenoxy) is 4. The lowest BCUT2D eigenvalue weighted by molar-refractivity contribution is -0.138. The molecular weight excluding hydrogens is 574 g/mol. The van der Waals surface area contributed by atoms with E-state index in [1.54, 1.807) is 18.2 Å². The quantitative estimate of drug-likeness (QED) is 0.161. The summed E-state index contributed by atoms with van der Waals surface area (Å²) in [6.07, 6.45) is 0.537. The second kappa shape index (κ2) is 16.6. The van der Waals surface area contributed by atoms with Gasteiger partial charge in [-0.3, -0.25) is 34.2 Å². The number of rotatable bonds is 17. The van der Waals surface area contributed by atoms with Gasteiger partial charge in [0.05, 0.1) is 70.4 Å². The van der Waals surface area contributed by atoms with Gasteiger partial charge >= 0.3 is 0 Å². The zero-order valence-electron chi connectivity index (χ0n) is 25.4. The molecule has 3 N–H and O–H groups in total. The second-order valence-corrected chi connectivity index (χ2v) is 11.0. The Balaban J connectivity index is 1.01. The number of hydrogen-bond acceptors (Lipinski definition) is 11. The molecule has 1 aromatic rings. The zero-order chi connectivity index (χ0) is 31.5. The van der Waals surface area contributed by atoms with Gasteiger partial charge in [-0.2, -0.15) is 0 Å². The maximum absolute atomic E-state index is 13.1. The molecule has 3 aliphatic heterocycles. The Bertz CT molecular complexity index is 1190. The molecule has 2 saturated heterocycles. The van der Waals surface area contributed by atoms with Crippen molar-refractivity contribution in [1.29, 1.82) is 0 Å². The van der Waals surface area contributed by atoms with Crippen LogP contribution in [-0.4, -0.2) is 130 Å². The predicted octanol–water partition coefficient (Wildman–Crippen LogP) is 0.165. The zero-order valence-corrected chi connectivity index (χ0v) is 25.4. The fourth-order valence-corrected chi connectivity index (χ4v) is 5.59. The molecule has 0 bridgehead atoms. The minimum atomic E-state index is -1.01.